The number of carbonyl (C=O) groups excluding carboxylic acids is 2. The number of hydrogen-bond donors (Lipinski definition) is 0. The molecule has 1 aliphatic heterocycles. The molecule has 4 rings (SSSR count). The second-order valence-corrected chi connectivity index (χ2v) is 8.32. The number of methoxy groups -OCH3 is 2. The summed E-state index contributed by atoms with van der Waals surface area (Å²) < 4.78 is 21.0. The van der Waals surface area contributed by atoms with E-state index in [0.717, 1.165) is 16.2 Å². The zero-order valence-electron chi connectivity index (χ0n) is 18.7. The highest BCUT2D eigenvalue weighted by atomic mass is 32.1. The average Bonchev–Trinajstić information content (AvgIpc) is 3.57. The Hall–Kier alpha value is -3.66. The number of carbonyl (C=O) groups is 2. The van der Waals surface area contributed by atoms with Gasteiger partial charge in [0.25, 0.3) is 5.91 Å². The zero-order chi connectivity index (χ0) is 23.5. The molecule has 1 amide bonds. The van der Waals surface area contributed by atoms with E-state index >= 15 is 0 Å². The number of hydrazone groups is 1. The van der Waals surface area contributed by atoms with Gasteiger partial charge in [0.15, 0.2) is 18.1 Å². The highest BCUT2D eigenvalue weighted by Gasteiger charge is 2.34. The van der Waals surface area contributed by atoms with Gasteiger partial charge in [-0.1, -0.05) is 17.3 Å². The lowest BCUT2D eigenvalue weighted by molar-refractivity contribution is -0.136. The van der Waals surface area contributed by atoms with Crippen LogP contribution in [0.4, 0.5) is 0 Å². The van der Waals surface area contributed by atoms with Crippen molar-refractivity contribution in [3.05, 3.63) is 63.2 Å². The molecule has 0 saturated carbocycles. The normalized spacial score (nSPS) is 15.3. The first-order valence-electron chi connectivity index (χ1n) is 10.2. The van der Waals surface area contributed by atoms with Crippen LogP contribution in [0.25, 0.3) is 0 Å². The summed E-state index contributed by atoms with van der Waals surface area (Å²) in [5.74, 6) is 0.374. The number of thiophene rings is 1. The predicted molar refractivity (Wildman–Crippen MR) is 121 cm³/mol. The third-order valence-corrected chi connectivity index (χ3v) is 6.25. The van der Waals surface area contributed by atoms with Crippen molar-refractivity contribution in [1.29, 1.82) is 0 Å². The molecule has 0 bridgehead atoms. The molecule has 1 atom stereocenters. The van der Waals surface area contributed by atoms with Crippen LogP contribution in [0.15, 0.2) is 45.3 Å². The number of nitrogens with zero attached hydrogens (tertiary/aromatic N) is 3. The number of benzene rings is 1. The van der Waals surface area contributed by atoms with Gasteiger partial charge < -0.3 is 18.7 Å². The van der Waals surface area contributed by atoms with Gasteiger partial charge in [-0.2, -0.15) is 5.10 Å². The number of aryl methyl sites for hydroxylation is 2. The molecule has 0 fully saturated rings. The summed E-state index contributed by atoms with van der Waals surface area (Å²) in [6.07, 6.45) is 0.513. The Morgan fingerprint density at radius 3 is 2.61 bits per heavy atom. The predicted octanol–water partition coefficient (Wildman–Crippen LogP) is 3.90. The minimum atomic E-state index is -0.663. The molecule has 0 spiro atoms. The Labute approximate surface area is 194 Å². The van der Waals surface area contributed by atoms with Crippen molar-refractivity contribution in [3.8, 4) is 11.5 Å². The van der Waals surface area contributed by atoms with Crippen molar-refractivity contribution in [2.45, 2.75) is 26.3 Å². The van der Waals surface area contributed by atoms with E-state index in [1.807, 2.05) is 29.6 Å². The third-order valence-electron chi connectivity index (χ3n) is 5.33. The second-order valence-electron chi connectivity index (χ2n) is 7.37. The van der Waals surface area contributed by atoms with Crippen LogP contribution < -0.4 is 9.47 Å². The first-order valence-corrected chi connectivity index (χ1v) is 11.1. The van der Waals surface area contributed by atoms with Crippen LogP contribution in [0.2, 0.25) is 0 Å². The summed E-state index contributed by atoms with van der Waals surface area (Å²) in [5.41, 5.74) is 2.25. The number of hydrogen-bond acceptors (Lipinski definition) is 9. The van der Waals surface area contributed by atoms with Gasteiger partial charge in [-0.25, -0.2) is 9.80 Å². The highest BCUT2D eigenvalue weighted by Crippen LogP contribution is 2.37. The van der Waals surface area contributed by atoms with Crippen LogP contribution in [0.1, 0.15) is 44.7 Å². The lowest BCUT2D eigenvalue weighted by atomic mass is 10.0. The van der Waals surface area contributed by atoms with Crippen molar-refractivity contribution in [2.75, 3.05) is 20.8 Å². The summed E-state index contributed by atoms with van der Waals surface area (Å²) in [6.45, 7) is 2.79. The number of ether oxygens (including phenoxy) is 3. The Balaban J connectivity index is 1.58. The first-order chi connectivity index (χ1) is 15.9. The van der Waals surface area contributed by atoms with Crippen LogP contribution in [0, 0.1) is 13.8 Å². The Morgan fingerprint density at radius 2 is 1.97 bits per heavy atom. The van der Waals surface area contributed by atoms with E-state index in [4.69, 9.17) is 18.7 Å². The van der Waals surface area contributed by atoms with Gasteiger partial charge in [-0.3, -0.25) is 4.79 Å². The molecule has 0 radical (unpaired) electrons. The maximum atomic E-state index is 13.1. The maximum Gasteiger partial charge on any atom is 0.344 e. The monoisotopic (exact) mass is 469 g/mol. The lowest BCUT2D eigenvalue weighted by Gasteiger charge is -2.22. The van der Waals surface area contributed by atoms with E-state index in [-0.39, 0.29) is 11.6 Å². The molecule has 0 N–H and O–H groups in total. The summed E-state index contributed by atoms with van der Waals surface area (Å²) in [6, 6.07) is 9.00. The van der Waals surface area contributed by atoms with Crippen LogP contribution in [0.5, 0.6) is 11.5 Å². The van der Waals surface area contributed by atoms with Gasteiger partial charge in [0, 0.05) is 6.42 Å². The molecule has 1 aromatic carbocycles. The van der Waals surface area contributed by atoms with Crippen molar-refractivity contribution in [1.82, 2.24) is 10.2 Å². The smallest absolute Gasteiger partial charge is 0.344 e. The molecule has 172 valence electrons. The van der Waals surface area contributed by atoms with Crippen LogP contribution in [-0.2, 0) is 9.53 Å². The van der Waals surface area contributed by atoms with Crippen molar-refractivity contribution in [2.24, 2.45) is 5.10 Å². The molecule has 1 unspecified atom stereocenters. The van der Waals surface area contributed by atoms with Crippen LogP contribution in [0.3, 0.4) is 0 Å². The van der Waals surface area contributed by atoms with E-state index in [9.17, 15) is 9.59 Å². The van der Waals surface area contributed by atoms with Crippen LogP contribution >= 0.6 is 11.3 Å². The fourth-order valence-corrected chi connectivity index (χ4v) is 4.41. The standard InChI is InChI=1S/C23H23N3O6S/c1-13-22(14(2)32-25-13)23(28)31-12-21(27)26-17(11-16(24-26)20-6-5-9-33-20)15-7-8-18(29-3)19(10-15)30-4/h5-10,17H,11-12H2,1-4H3. The van der Waals surface area contributed by atoms with Gasteiger partial charge in [-0.15, -0.1) is 11.3 Å². The van der Waals surface area contributed by atoms with E-state index in [1.165, 1.54) is 5.01 Å². The second kappa shape index (κ2) is 9.45. The maximum absolute atomic E-state index is 13.1. The Bertz CT molecular complexity index is 1180. The number of rotatable bonds is 7. The SMILES string of the molecule is COc1ccc(C2CC(c3cccs3)=NN2C(=O)COC(=O)c2c(C)noc2C)cc1OC. The quantitative estimate of drug-likeness (QED) is 0.483. The minimum Gasteiger partial charge on any atom is -0.493 e. The first kappa shape index (κ1) is 22.5. The highest BCUT2D eigenvalue weighted by molar-refractivity contribution is 7.12. The minimum absolute atomic E-state index is 0.225. The number of aromatic nitrogens is 1. The van der Waals surface area contributed by atoms with Crippen molar-refractivity contribution >= 4 is 28.9 Å². The van der Waals surface area contributed by atoms with E-state index in [0.29, 0.717) is 29.4 Å². The van der Waals surface area contributed by atoms with Gasteiger partial charge in [0.05, 0.1) is 36.5 Å². The summed E-state index contributed by atoms with van der Waals surface area (Å²) in [7, 11) is 3.12. The number of esters is 1. The molecule has 3 aromatic rings. The summed E-state index contributed by atoms with van der Waals surface area (Å²) in [4.78, 5) is 26.6. The van der Waals surface area contributed by atoms with E-state index in [2.05, 4.69) is 10.3 Å². The molecule has 10 heteroatoms. The van der Waals surface area contributed by atoms with Gasteiger partial charge in [-0.05, 0) is 43.0 Å². The van der Waals surface area contributed by atoms with E-state index < -0.39 is 18.5 Å². The Morgan fingerprint density at radius 1 is 1.18 bits per heavy atom. The third kappa shape index (κ3) is 4.47. The molecule has 3 heterocycles. The molecule has 0 aliphatic carbocycles. The number of amides is 1. The van der Waals surface area contributed by atoms with Crippen molar-refractivity contribution < 1.29 is 28.3 Å². The van der Waals surface area contributed by atoms with Crippen LogP contribution in [-0.4, -0.2) is 48.6 Å². The Kier molecular flexibility index (Phi) is 6.45. The molecular weight excluding hydrogens is 446 g/mol. The fourth-order valence-electron chi connectivity index (χ4n) is 3.69. The molecule has 1 aliphatic rings. The average molecular weight is 470 g/mol. The molecule has 33 heavy (non-hydrogen) atoms. The zero-order valence-corrected chi connectivity index (χ0v) is 19.5. The summed E-state index contributed by atoms with van der Waals surface area (Å²) in [5, 5.41) is 11.7. The largest absolute Gasteiger partial charge is 0.493 e. The van der Waals surface area contributed by atoms with Crippen molar-refractivity contribution in [3.63, 3.8) is 0 Å². The van der Waals surface area contributed by atoms with Gasteiger partial charge in [0.1, 0.15) is 11.3 Å². The summed E-state index contributed by atoms with van der Waals surface area (Å²) >= 11 is 1.55. The topological polar surface area (TPSA) is 103 Å². The molecule has 0 saturated heterocycles. The van der Waals surface area contributed by atoms with E-state index in [1.54, 1.807) is 45.5 Å². The fraction of sp³-hybridized carbons (Fsp3) is 0.304. The van der Waals surface area contributed by atoms with Gasteiger partial charge >= 0.3 is 5.97 Å². The van der Waals surface area contributed by atoms with Gasteiger partial charge in [0.2, 0.25) is 0 Å². The lowest BCUT2D eigenvalue weighted by Crippen LogP contribution is -2.31. The molecular formula is C23H23N3O6S. The molecule has 2 aromatic heterocycles. The molecule has 9 nitrogen and oxygen atoms in total.